The molecule has 4 rings (SSSR count). The second kappa shape index (κ2) is 10.2. The summed E-state index contributed by atoms with van der Waals surface area (Å²) in [4.78, 5) is 19.0. The van der Waals surface area contributed by atoms with Gasteiger partial charge in [-0.2, -0.15) is 0 Å². The first kappa shape index (κ1) is 22.7. The Kier molecular flexibility index (Phi) is 8.01. The Morgan fingerprint density at radius 1 is 1.21 bits per heavy atom. The zero-order chi connectivity index (χ0) is 18.6. The molecule has 29 heavy (non-hydrogen) atoms. The van der Waals surface area contributed by atoms with Crippen LogP contribution >= 0.6 is 24.8 Å². The SMILES string of the molecule is COc1ccccc1C1CNCCN1C(=O)c1cc(-c2ccncc2)on1.Cl.Cl. The molecule has 0 saturated carbocycles. The van der Waals surface area contributed by atoms with Crippen LogP contribution < -0.4 is 10.1 Å². The number of para-hydroxylation sites is 1. The summed E-state index contributed by atoms with van der Waals surface area (Å²) in [5.74, 6) is 1.16. The van der Waals surface area contributed by atoms with Gasteiger partial charge in [-0.1, -0.05) is 23.4 Å². The normalized spacial score (nSPS) is 15.8. The lowest BCUT2D eigenvalue weighted by atomic mass is 10.0. The standard InChI is InChI=1S/C20H20N4O3.2ClH/c1-26-18-5-3-2-4-15(18)17-13-22-10-11-24(17)20(25)16-12-19(27-23-16)14-6-8-21-9-7-14;;/h2-9,12,17,22H,10-11,13H2,1H3;2*1H. The van der Waals surface area contributed by atoms with Crippen molar-refractivity contribution in [2.24, 2.45) is 0 Å². The second-order valence-electron chi connectivity index (χ2n) is 6.27. The molecule has 3 heterocycles. The van der Waals surface area contributed by atoms with Gasteiger partial charge in [-0.05, 0) is 18.2 Å². The molecule has 3 aromatic rings. The highest BCUT2D eigenvalue weighted by molar-refractivity contribution is 5.93. The highest BCUT2D eigenvalue weighted by Crippen LogP contribution is 2.31. The highest BCUT2D eigenvalue weighted by atomic mass is 35.5. The number of rotatable bonds is 4. The molecule has 0 bridgehead atoms. The monoisotopic (exact) mass is 436 g/mol. The lowest BCUT2D eigenvalue weighted by molar-refractivity contribution is 0.0621. The van der Waals surface area contributed by atoms with E-state index in [9.17, 15) is 4.79 Å². The van der Waals surface area contributed by atoms with Gasteiger partial charge in [0.2, 0.25) is 0 Å². The van der Waals surface area contributed by atoms with E-state index in [1.165, 1.54) is 0 Å². The van der Waals surface area contributed by atoms with E-state index in [-0.39, 0.29) is 36.8 Å². The van der Waals surface area contributed by atoms with Gasteiger partial charge in [0.1, 0.15) is 5.75 Å². The quantitative estimate of drug-likeness (QED) is 0.674. The minimum atomic E-state index is -0.156. The molecule has 1 N–H and O–H groups in total. The van der Waals surface area contributed by atoms with Crippen molar-refractivity contribution in [2.75, 3.05) is 26.7 Å². The number of halogens is 2. The van der Waals surface area contributed by atoms with Gasteiger partial charge in [0.05, 0.1) is 13.2 Å². The summed E-state index contributed by atoms with van der Waals surface area (Å²) in [7, 11) is 1.64. The Hall–Kier alpha value is -2.61. The van der Waals surface area contributed by atoms with E-state index in [0.717, 1.165) is 23.4 Å². The number of ether oxygens (including phenoxy) is 1. The number of aromatic nitrogens is 2. The summed E-state index contributed by atoms with van der Waals surface area (Å²) in [5.41, 5.74) is 2.10. The van der Waals surface area contributed by atoms with Crippen molar-refractivity contribution in [2.45, 2.75) is 6.04 Å². The smallest absolute Gasteiger partial charge is 0.276 e. The zero-order valence-electron chi connectivity index (χ0n) is 15.8. The average molecular weight is 437 g/mol. The molecular weight excluding hydrogens is 415 g/mol. The van der Waals surface area contributed by atoms with Gasteiger partial charge in [0.15, 0.2) is 11.5 Å². The first-order valence-corrected chi connectivity index (χ1v) is 8.79. The molecule has 0 aliphatic carbocycles. The highest BCUT2D eigenvalue weighted by Gasteiger charge is 2.32. The maximum absolute atomic E-state index is 13.2. The van der Waals surface area contributed by atoms with Gasteiger partial charge in [0.25, 0.3) is 5.91 Å². The number of nitrogens with one attached hydrogen (secondary N) is 1. The van der Waals surface area contributed by atoms with E-state index in [2.05, 4.69) is 15.5 Å². The van der Waals surface area contributed by atoms with Gasteiger partial charge in [-0.25, -0.2) is 0 Å². The number of nitrogens with zero attached hydrogens (tertiary/aromatic N) is 3. The van der Waals surface area contributed by atoms with E-state index in [4.69, 9.17) is 9.26 Å². The number of pyridine rings is 1. The van der Waals surface area contributed by atoms with E-state index >= 15 is 0 Å². The predicted molar refractivity (Wildman–Crippen MR) is 114 cm³/mol. The first-order valence-electron chi connectivity index (χ1n) is 8.79. The number of hydrogen-bond donors (Lipinski definition) is 1. The van der Waals surface area contributed by atoms with Crippen LogP contribution in [-0.4, -0.2) is 47.7 Å². The molecule has 2 aromatic heterocycles. The number of carbonyl (C=O) groups is 1. The summed E-state index contributed by atoms with van der Waals surface area (Å²) in [5, 5.41) is 7.35. The molecule has 1 unspecified atom stereocenters. The third-order valence-electron chi connectivity index (χ3n) is 4.70. The van der Waals surface area contributed by atoms with Crippen LogP contribution in [-0.2, 0) is 0 Å². The summed E-state index contributed by atoms with van der Waals surface area (Å²) >= 11 is 0. The number of methoxy groups -OCH3 is 1. The molecular formula is C20H22Cl2N4O3. The van der Waals surface area contributed by atoms with Crippen molar-refractivity contribution < 1.29 is 14.1 Å². The number of amides is 1. The van der Waals surface area contributed by atoms with Gasteiger partial charge in [-0.3, -0.25) is 9.78 Å². The number of carbonyl (C=O) groups excluding carboxylic acids is 1. The van der Waals surface area contributed by atoms with Gasteiger partial charge < -0.3 is 19.5 Å². The molecule has 1 fully saturated rings. The van der Waals surface area contributed by atoms with Crippen LogP contribution in [0.5, 0.6) is 5.75 Å². The molecule has 1 amide bonds. The van der Waals surface area contributed by atoms with Crippen molar-refractivity contribution in [3.05, 3.63) is 66.1 Å². The second-order valence-corrected chi connectivity index (χ2v) is 6.27. The Bertz CT molecular complexity index is 936. The third-order valence-corrected chi connectivity index (χ3v) is 4.70. The lowest BCUT2D eigenvalue weighted by Crippen LogP contribution is -2.48. The predicted octanol–water partition coefficient (Wildman–Crippen LogP) is 3.38. The first-order chi connectivity index (χ1) is 13.3. The molecule has 0 spiro atoms. The molecule has 7 nitrogen and oxygen atoms in total. The van der Waals surface area contributed by atoms with Gasteiger partial charge in [-0.15, -0.1) is 24.8 Å². The Labute approximate surface area is 181 Å². The van der Waals surface area contributed by atoms with Gasteiger partial charge in [0, 0.05) is 49.2 Å². The van der Waals surface area contributed by atoms with Crippen LogP contribution in [0.3, 0.4) is 0 Å². The molecule has 1 saturated heterocycles. The van der Waals surface area contributed by atoms with Crippen LogP contribution in [0.1, 0.15) is 22.1 Å². The van der Waals surface area contributed by atoms with E-state index in [1.807, 2.05) is 41.3 Å². The fourth-order valence-corrected chi connectivity index (χ4v) is 3.34. The average Bonchev–Trinajstić information content (AvgIpc) is 3.24. The van der Waals surface area contributed by atoms with Crippen molar-refractivity contribution in [1.82, 2.24) is 20.4 Å². The van der Waals surface area contributed by atoms with Crippen LogP contribution in [0.4, 0.5) is 0 Å². The molecule has 1 aromatic carbocycles. The molecule has 1 aliphatic rings. The fraction of sp³-hybridized carbons (Fsp3) is 0.250. The van der Waals surface area contributed by atoms with Crippen molar-refractivity contribution in [3.8, 4) is 17.1 Å². The molecule has 0 radical (unpaired) electrons. The Balaban J connectivity index is 0.00000150. The summed E-state index contributed by atoms with van der Waals surface area (Å²) < 4.78 is 10.9. The maximum atomic E-state index is 13.2. The molecule has 154 valence electrons. The van der Waals surface area contributed by atoms with E-state index in [0.29, 0.717) is 24.5 Å². The Morgan fingerprint density at radius 2 is 1.97 bits per heavy atom. The van der Waals surface area contributed by atoms with Gasteiger partial charge >= 0.3 is 0 Å². The number of benzene rings is 1. The third kappa shape index (κ3) is 4.70. The lowest BCUT2D eigenvalue weighted by Gasteiger charge is -2.36. The van der Waals surface area contributed by atoms with Crippen LogP contribution in [0, 0.1) is 0 Å². The number of hydrogen-bond acceptors (Lipinski definition) is 6. The molecule has 1 aliphatic heterocycles. The fourth-order valence-electron chi connectivity index (χ4n) is 3.34. The minimum absolute atomic E-state index is 0. The minimum Gasteiger partial charge on any atom is -0.496 e. The molecule has 1 atom stereocenters. The largest absolute Gasteiger partial charge is 0.496 e. The molecule has 9 heteroatoms. The van der Waals surface area contributed by atoms with Crippen LogP contribution in [0.15, 0.2) is 59.4 Å². The van der Waals surface area contributed by atoms with Crippen molar-refractivity contribution >= 4 is 30.7 Å². The summed E-state index contributed by atoms with van der Waals surface area (Å²) in [6.07, 6.45) is 3.35. The summed E-state index contributed by atoms with van der Waals surface area (Å²) in [6.45, 7) is 1.96. The van der Waals surface area contributed by atoms with Crippen molar-refractivity contribution in [1.29, 1.82) is 0 Å². The van der Waals surface area contributed by atoms with Crippen LogP contribution in [0.25, 0.3) is 11.3 Å². The van der Waals surface area contributed by atoms with Crippen LogP contribution in [0.2, 0.25) is 0 Å². The van der Waals surface area contributed by atoms with E-state index < -0.39 is 0 Å². The van der Waals surface area contributed by atoms with Crippen molar-refractivity contribution in [3.63, 3.8) is 0 Å². The van der Waals surface area contributed by atoms with E-state index in [1.54, 1.807) is 25.6 Å². The number of piperazine rings is 1. The Morgan fingerprint density at radius 3 is 2.72 bits per heavy atom. The maximum Gasteiger partial charge on any atom is 0.276 e. The topological polar surface area (TPSA) is 80.5 Å². The zero-order valence-corrected chi connectivity index (χ0v) is 17.4. The summed E-state index contributed by atoms with van der Waals surface area (Å²) in [6, 6.07) is 12.9.